The molecular formula is C7H5NOS. The third-order valence-corrected chi connectivity index (χ3v) is 2.05. The Balaban J connectivity index is 2.91. The molecule has 3 heteroatoms. The lowest BCUT2D eigenvalue weighted by Crippen LogP contribution is -2.08. The van der Waals surface area contributed by atoms with Gasteiger partial charge in [0.15, 0.2) is 0 Å². The zero-order valence-corrected chi connectivity index (χ0v) is 5.97. The lowest BCUT2D eigenvalue weighted by Gasteiger charge is -1.96. The number of nitrogens with zero attached hydrogens (tertiary/aromatic N) is 1. The van der Waals surface area contributed by atoms with Gasteiger partial charge in [-0.25, -0.2) is 0 Å². The molecule has 50 valence electrons. The largest absolute Gasteiger partial charge is 0.283 e. The Kier molecular flexibility index (Phi) is 1.11. The van der Waals surface area contributed by atoms with Gasteiger partial charge < -0.3 is 0 Å². The molecule has 0 atom stereocenters. The molecule has 0 saturated heterocycles. The Hall–Kier alpha value is -1.09. The van der Waals surface area contributed by atoms with Crippen molar-refractivity contribution in [2.75, 3.05) is 0 Å². The second-order valence-corrected chi connectivity index (χ2v) is 2.79. The van der Waals surface area contributed by atoms with Gasteiger partial charge in [0.25, 0.3) is 5.56 Å². The topological polar surface area (TPSA) is 22.0 Å². The van der Waals surface area contributed by atoms with Crippen LogP contribution in [0.3, 0.4) is 0 Å². The van der Waals surface area contributed by atoms with Crippen molar-refractivity contribution < 1.29 is 0 Å². The van der Waals surface area contributed by atoms with E-state index in [2.05, 4.69) is 0 Å². The van der Waals surface area contributed by atoms with Crippen molar-refractivity contribution in [2.45, 2.75) is 0 Å². The third kappa shape index (κ3) is 0.675. The highest BCUT2D eigenvalue weighted by Gasteiger charge is 1.99. The van der Waals surface area contributed by atoms with Crippen LogP contribution in [0.4, 0.5) is 0 Å². The molecule has 10 heavy (non-hydrogen) atoms. The number of fused-ring (bicyclic) bond motifs is 1. The Bertz CT molecular complexity index is 362. The molecule has 0 aromatic rings. The van der Waals surface area contributed by atoms with Crippen LogP contribution < -0.4 is 5.56 Å². The van der Waals surface area contributed by atoms with Gasteiger partial charge in [0, 0.05) is 23.0 Å². The second kappa shape index (κ2) is 1.95. The van der Waals surface area contributed by atoms with E-state index in [1.807, 2.05) is 16.8 Å². The summed E-state index contributed by atoms with van der Waals surface area (Å²) in [6, 6.07) is 3.39. The fourth-order valence-corrected chi connectivity index (χ4v) is 1.51. The molecule has 0 saturated carbocycles. The first-order chi connectivity index (χ1) is 4.88. The van der Waals surface area contributed by atoms with Crippen molar-refractivity contribution in [2.24, 2.45) is 0 Å². The summed E-state index contributed by atoms with van der Waals surface area (Å²) in [5, 5.41) is 3.83. The first kappa shape index (κ1) is 5.68. The smallest absolute Gasteiger partial charge is 0.255 e. The molecule has 0 radical (unpaired) electrons. The van der Waals surface area contributed by atoms with E-state index in [1.54, 1.807) is 28.2 Å². The number of aromatic nitrogens is 1. The van der Waals surface area contributed by atoms with Crippen LogP contribution in [0.1, 0.15) is 0 Å². The van der Waals surface area contributed by atoms with Crippen LogP contribution in [0.2, 0.25) is 0 Å². The van der Waals surface area contributed by atoms with Gasteiger partial charge >= 0.3 is 0 Å². The molecule has 2 heterocycles. The molecule has 2 aliphatic heterocycles. The van der Waals surface area contributed by atoms with Gasteiger partial charge in [-0.05, 0) is 6.07 Å². The molecule has 0 aromatic carbocycles. The summed E-state index contributed by atoms with van der Waals surface area (Å²) in [4.78, 5) is 10.9. The van der Waals surface area contributed by atoms with Gasteiger partial charge in [0.1, 0.15) is 0 Å². The number of rotatable bonds is 0. The average Bonchev–Trinajstić information content (AvgIpc) is 2.34. The Labute approximate surface area is 61.7 Å². The van der Waals surface area contributed by atoms with E-state index in [0.29, 0.717) is 0 Å². The molecule has 0 fully saturated rings. The molecular weight excluding hydrogens is 146 g/mol. The summed E-state index contributed by atoms with van der Waals surface area (Å²) < 4.78 is 1.62. The summed E-state index contributed by atoms with van der Waals surface area (Å²) in [5.74, 6) is 0. The van der Waals surface area contributed by atoms with Gasteiger partial charge in [-0.15, -0.1) is 11.3 Å². The van der Waals surface area contributed by atoms with Crippen LogP contribution >= 0.6 is 11.3 Å². The Morgan fingerprint density at radius 1 is 1.40 bits per heavy atom. The van der Waals surface area contributed by atoms with Gasteiger partial charge in [0.05, 0.1) is 5.69 Å². The molecule has 0 N–H and O–H groups in total. The van der Waals surface area contributed by atoms with Crippen molar-refractivity contribution in [3.8, 4) is 5.69 Å². The second-order valence-electron chi connectivity index (χ2n) is 2.01. The molecule has 0 spiro atoms. The van der Waals surface area contributed by atoms with E-state index in [1.165, 1.54) is 0 Å². The van der Waals surface area contributed by atoms with E-state index in [-0.39, 0.29) is 5.56 Å². The lowest BCUT2D eigenvalue weighted by molar-refractivity contribution is 1.04. The maximum Gasteiger partial charge on any atom is 0.255 e. The summed E-state index contributed by atoms with van der Waals surface area (Å²) in [6.07, 6.45) is 1.78. The van der Waals surface area contributed by atoms with Crippen LogP contribution in [-0.4, -0.2) is 4.57 Å². The lowest BCUT2D eigenvalue weighted by atomic mass is 10.5. The average molecular weight is 151 g/mol. The maximum atomic E-state index is 10.9. The summed E-state index contributed by atoms with van der Waals surface area (Å²) in [5.41, 5.74) is 1.01. The van der Waals surface area contributed by atoms with E-state index in [0.717, 1.165) is 5.69 Å². The SMILES string of the molecule is O=c1ccc2csccn1-2. The molecule has 2 rings (SSSR count). The zero-order valence-electron chi connectivity index (χ0n) is 5.15. The van der Waals surface area contributed by atoms with Crippen molar-refractivity contribution >= 4 is 11.3 Å². The van der Waals surface area contributed by atoms with Crippen LogP contribution in [0.15, 0.2) is 33.9 Å². The van der Waals surface area contributed by atoms with E-state index < -0.39 is 0 Å². The molecule has 2 aliphatic rings. The highest BCUT2D eigenvalue weighted by molar-refractivity contribution is 7.07. The van der Waals surface area contributed by atoms with Crippen LogP contribution in [0, 0.1) is 0 Å². The summed E-state index contributed by atoms with van der Waals surface area (Å²) in [7, 11) is 0. The van der Waals surface area contributed by atoms with Crippen molar-refractivity contribution in [3.63, 3.8) is 0 Å². The van der Waals surface area contributed by atoms with E-state index >= 15 is 0 Å². The van der Waals surface area contributed by atoms with E-state index in [9.17, 15) is 4.79 Å². The minimum Gasteiger partial charge on any atom is -0.283 e. The van der Waals surface area contributed by atoms with Crippen molar-refractivity contribution in [1.29, 1.82) is 0 Å². The molecule has 2 nitrogen and oxygen atoms in total. The summed E-state index contributed by atoms with van der Waals surface area (Å²) in [6.45, 7) is 0. The summed E-state index contributed by atoms with van der Waals surface area (Å²) >= 11 is 1.59. The van der Waals surface area contributed by atoms with Gasteiger partial charge in [-0.1, -0.05) is 0 Å². The number of hydrogen-bond acceptors (Lipinski definition) is 2. The fraction of sp³-hybridized carbons (Fsp3) is 0. The third-order valence-electron chi connectivity index (χ3n) is 1.39. The Morgan fingerprint density at radius 3 is 3.10 bits per heavy atom. The molecule has 0 aromatic heterocycles. The standard InChI is InChI=1S/C7H5NOS/c9-7-2-1-6-5-10-4-3-8(6)7/h1-5H. The molecule has 0 bridgehead atoms. The molecule has 0 aliphatic carbocycles. The van der Waals surface area contributed by atoms with E-state index in [4.69, 9.17) is 0 Å². The maximum absolute atomic E-state index is 10.9. The van der Waals surface area contributed by atoms with Gasteiger partial charge in [0.2, 0.25) is 0 Å². The van der Waals surface area contributed by atoms with Crippen LogP contribution in [0.25, 0.3) is 5.69 Å². The van der Waals surface area contributed by atoms with Crippen LogP contribution in [0.5, 0.6) is 0 Å². The molecule has 0 unspecified atom stereocenters. The Morgan fingerprint density at radius 2 is 2.30 bits per heavy atom. The fourth-order valence-electron chi connectivity index (χ4n) is 0.905. The normalized spacial score (nSPS) is 10.4. The first-order valence-electron chi connectivity index (χ1n) is 2.91. The zero-order chi connectivity index (χ0) is 6.97. The predicted molar refractivity (Wildman–Crippen MR) is 41.1 cm³/mol. The van der Waals surface area contributed by atoms with Crippen molar-refractivity contribution in [1.82, 2.24) is 4.57 Å². The monoisotopic (exact) mass is 151 g/mol. The minimum absolute atomic E-state index is 0.0443. The molecule has 0 amide bonds. The highest BCUT2D eigenvalue weighted by atomic mass is 32.1. The van der Waals surface area contributed by atoms with Gasteiger partial charge in [-0.2, -0.15) is 0 Å². The van der Waals surface area contributed by atoms with Crippen molar-refractivity contribution in [3.05, 3.63) is 39.4 Å². The predicted octanol–water partition coefficient (Wildman–Crippen LogP) is 1.34. The first-order valence-corrected chi connectivity index (χ1v) is 3.86. The van der Waals surface area contributed by atoms with Crippen LogP contribution in [-0.2, 0) is 0 Å². The highest BCUT2D eigenvalue weighted by Crippen LogP contribution is 2.08. The number of hydrogen-bond donors (Lipinski definition) is 0. The van der Waals surface area contributed by atoms with Gasteiger partial charge in [-0.3, -0.25) is 9.36 Å². The minimum atomic E-state index is 0.0443. The quantitative estimate of drug-likeness (QED) is 0.557.